The zero-order valence-electron chi connectivity index (χ0n) is 15.1. The smallest absolute Gasteiger partial charge is 0.0568 e. The fraction of sp³-hybridized carbons (Fsp3) is 1.00. The van der Waals surface area contributed by atoms with Crippen molar-refractivity contribution in [1.29, 1.82) is 0 Å². The molecule has 1 heteroatoms. The van der Waals surface area contributed by atoms with E-state index in [-0.39, 0.29) is 6.10 Å². The Balaban J connectivity index is 1.64. The quantitative estimate of drug-likeness (QED) is 0.646. The van der Waals surface area contributed by atoms with Crippen molar-refractivity contribution in [2.45, 2.75) is 85.2 Å². The van der Waals surface area contributed by atoms with E-state index in [0.717, 1.165) is 36.0 Å². The first-order chi connectivity index (χ1) is 10.4. The molecule has 4 aliphatic carbocycles. The van der Waals surface area contributed by atoms with Crippen LogP contribution in [0.25, 0.3) is 0 Å². The largest absolute Gasteiger partial charge is 0.393 e. The van der Waals surface area contributed by atoms with E-state index in [4.69, 9.17) is 0 Å². The summed E-state index contributed by atoms with van der Waals surface area (Å²) in [4.78, 5) is 0. The van der Waals surface area contributed by atoms with Crippen LogP contribution in [0.2, 0.25) is 0 Å². The highest BCUT2D eigenvalue weighted by molar-refractivity contribution is 5.09. The molecule has 0 bridgehead atoms. The van der Waals surface area contributed by atoms with Crippen molar-refractivity contribution >= 4 is 0 Å². The van der Waals surface area contributed by atoms with E-state index in [0.29, 0.717) is 16.7 Å². The summed E-state index contributed by atoms with van der Waals surface area (Å²) in [6, 6.07) is 0. The molecular formula is C21H36O. The molecule has 126 valence electrons. The second-order valence-electron chi connectivity index (χ2n) is 10.1. The maximum absolute atomic E-state index is 10.4. The second kappa shape index (κ2) is 4.98. The average molecular weight is 305 g/mol. The third-order valence-electron chi connectivity index (χ3n) is 9.64. The Morgan fingerprint density at radius 3 is 2.14 bits per heavy atom. The number of aliphatic hydroxyl groups excluding tert-OH is 1. The Morgan fingerprint density at radius 1 is 0.727 bits per heavy atom. The van der Waals surface area contributed by atoms with Gasteiger partial charge in [0.1, 0.15) is 0 Å². The highest BCUT2D eigenvalue weighted by Crippen LogP contribution is 2.67. The van der Waals surface area contributed by atoms with Crippen LogP contribution in [0.15, 0.2) is 0 Å². The van der Waals surface area contributed by atoms with E-state index in [1.165, 1.54) is 44.9 Å². The lowest BCUT2D eigenvalue weighted by Crippen LogP contribution is -2.56. The van der Waals surface area contributed by atoms with Gasteiger partial charge in [0.05, 0.1) is 6.10 Å². The molecule has 1 N–H and O–H groups in total. The van der Waals surface area contributed by atoms with Gasteiger partial charge >= 0.3 is 0 Å². The third-order valence-corrected chi connectivity index (χ3v) is 9.64. The fourth-order valence-electron chi connectivity index (χ4n) is 7.97. The van der Waals surface area contributed by atoms with Crippen molar-refractivity contribution in [3.8, 4) is 0 Å². The molecular weight excluding hydrogens is 268 g/mol. The van der Waals surface area contributed by atoms with Crippen LogP contribution in [0.1, 0.15) is 79.1 Å². The molecule has 22 heavy (non-hydrogen) atoms. The zero-order chi connectivity index (χ0) is 15.7. The standard InChI is InChI=1S/C21H36O/c1-13-5-7-17-15-6-8-16-14(2)19(22)10-12-21(16,4)18(15)9-11-20(13,17)3/h13-19,22H,5-12H2,1-4H3/t13-,14+,15-,16-,17-,18-,19+,20+,21-/m0/s1. The molecule has 0 heterocycles. The van der Waals surface area contributed by atoms with Gasteiger partial charge in [-0.25, -0.2) is 0 Å². The lowest BCUT2D eigenvalue weighted by Gasteiger charge is -2.62. The molecule has 0 spiro atoms. The van der Waals surface area contributed by atoms with Crippen molar-refractivity contribution in [1.82, 2.24) is 0 Å². The Labute approximate surface area is 137 Å². The summed E-state index contributed by atoms with van der Waals surface area (Å²) in [5.41, 5.74) is 1.17. The molecule has 0 aromatic rings. The average Bonchev–Trinajstić information content (AvgIpc) is 2.79. The van der Waals surface area contributed by atoms with Crippen molar-refractivity contribution < 1.29 is 5.11 Å². The molecule has 4 rings (SSSR count). The number of rotatable bonds is 0. The first-order valence-corrected chi connectivity index (χ1v) is 10.1. The second-order valence-corrected chi connectivity index (χ2v) is 10.1. The van der Waals surface area contributed by atoms with Gasteiger partial charge in [-0.1, -0.05) is 27.7 Å². The van der Waals surface area contributed by atoms with Gasteiger partial charge in [0.15, 0.2) is 0 Å². The van der Waals surface area contributed by atoms with Crippen LogP contribution in [0.5, 0.6) is 0 Å². The summed E-state index contributed by atoms with van der Waals surface area (Å²) in [7, 11) is 0. The summed E-state index contributed by atoms with van der Waals surface area (Å²) in [5, 5.41) is 10.4. The normalized spacial score (nSPS) is 61.2. The molecule has 0 amide bonds. The highest BCUT2D eigenvalue weighted by Gasteiger charge is 2.60. The van der Waals surface area contributed by atoms with E-state index in [2.05, 4.69) is 27.7 Å². The number of aliphatic hydroxyl groups is 1. The Bertz CT molecular complexity index is 445. The molecule has 0 saturated heterocycles. The van der Waals surface area contributed by atoms with Gasteiger partial charge in [0.2, 0.25) is 0 Å². The molecule has 0 unspecified atom stereocenters. The number of hydrogen-bond acceptors (Lipinski definition) is 1. The zero-order valence-corrected chi connectivity index (χ0v) is 15.1. The topological polar surface area (TPSA) is 20.2 Å². The van der Waals surface area contributed by atoms with Crippen LogP contribution < -0.4 is 0 Å². The first kappa shape index (κ1) is 15.5. The van der Waals surface area contributed by atoms with Crippen LogP contribution in [0.4, 0.5) is 0 Å². The Morgan fingerprint density at radius 2 is 1.36 bits per heavy atom. The minimum atomic E-state index is -0.0324. The van der Waals surface area contributed by atoms with Crippen LogP contribution in [0.3, 0.4) is 0 Å². The molecule has 4 saturated carbocycles. The van der Waals surface area contributed by atoms with Crippen LogP contribution in [-0.2, 0) is 0 Å². The Kier molecular flexibility index (Phi) is 3.50. The predicted octanol–water partition coefficient (Wildman–Crippen LogP) is 5.27. The maximum Gasteiger partial charge on any atom is 0.0568 e. The predicted molar refractivity (Wildman–Crippen MR) is 91.4 cm³/mol. The molecule has 4 aliphatic rings. The van der Waals surface area contributed by atoms with Crippen LogP contribution >= 0.6 is 0 Å². The van der Waals surface area contributed by atoms with Crippen molar-refractivity contribution in [3.05, 3.63) is 0 Å². The van der Waals surface area contributed by atoms with Gasteiger partial charge in [-0.15, -0.1) is 0 Å². The minimum absolute atomic E-state index is 0.0324. The van der Waals surface area contributed by atoms with Gasteiger partial charge in [-0.05, 0) is 97.7 Å². The van der Waals surface area contributed by atoms with Gasteiger partial charge in [-0.3, -0.25) is 0 Å². The van der Waals surface area contributed by atoms with Crippen molar-refractivity contribution in [3.63, 3.8) is 0 Å². The molecule has 0 radical (unpaired) electrons. The lowest BCUT2D eigenvalue weighted by atomic mass is 9.43. The van der Waals surface area contributed by atoms with Gasteiger partial charge in [0, 0.05) is 0 Å². The van der Waals surface area contributed by atoms with E-state index >= 15 is 0 Å². The monoisotopic (exact) mass is 304 g/mol. The molecule has 1 nitrogen and oxygen atoms in total. The number of hydrogen-bond donors (Lipinski definition) is 1. The van der Waals surface area contributed by atoms with Crippen molar-refractivity contribution in [2.24, 2.45) is 46.3 Å². The fourth-order valence-corrected chi connectivity index (χ4v) is 7.97. The summed E-state index contributed by atoms with van der Waals surface area (Å²) in [5.74, 6) is 5.19. The van der Waals surface area contributed by atoms with Crippen LogP contribution in [0, 0.1) is 46.3 Å². The molecule has 0 aromatic heterocycles. The van der Waals surface area contributed by atoms with E-state index in [1.54, 1.807) is 0 Å². The van der Waals surface area contributed by atoms with E-state index in [1.807, 2.05) is 0 Å². The maximum atomic E-state index is 10.4. The van der Waals surface area contributed by atoms with E-state index in [9.17, 15) is 5.11 Å². The summed E-state index contributed by atoms with van der Waals surface area (Å²) < 4.78 is 0. The van der Waals surface area contributed by atoms with E-state index < -0.39 is 0 Å². The molecule has 0 aromatic carbocycles. The number of fused-ring (bicyclic) bond motifs is 5. The van der Waals surface area contributed by atoms with Gasteiger partial charge < -0.3 is 5.11 Å². The van der Waals surface area contributed by atoms with Gasteiger partial charge in [0.25, 0.3) is 0 Å². The van der Waals surface area contributed by atoms with Gasteiger partial charge in [-0.2, -0.15) is 0 Å². The molecule has 4 fully saturated rings. The summed E-state index contributed by atoms with van der Waals surface area (Å²) >= 11 is 0. The Hall–Kier alpha value is -0.0400. The summed E-state index contributed by atoms with van der Waals surface area (Å²) in [6.45, 7) is 10.1. The molecule has 0 aliphatic heterocycles. The molecule has 9 atom stereocenters. The first-order valence-electron chi connectivity index (χ1n) is 10.1. The minimum Gasteiger partial charge on any atom is -0.393 e. The SMILES string of the molecule is C[C@H]1[C@H](O)CC[C@@]2(C)[C@H]1CC[C@@H]1[C@@H]2CC[C@]2(C)[C@@H](C)CC[C@@H]12. The summed E-state index contributed by atoms with van der Waals surface area (Å²) in [6.07, 6.45) is 11.1. The van der Waals surface area contributed by atoms with Crippen LogP contribution in [-0.4, -0.2) is 11.2 Å². The lowest BCUT2D eigenvalue weighted by molar-refractivity contribution is -0.146. The third kappa shape index (κ3) is 1.87. The highest BCUT2D eigenvalue weighted by atomic mass is 16.3. The van der Waals surface area contributed by atoms with Crippen molar-refractivity contribution in [2.75, 3.05) is 0 Å².